The summed E-state index contributed by atoms with van der Waals surface area (Å²) in [6, 6.07) is 0. The molecule has 9 heteroatoms. The maximum Gasteiger partial charge on any atom is 0.345 e. The van der Waals surface area contributed by atoms with Crippen molar-refractivity contribution in [3.8, 4) is 0 Å². The van der Waals surface area contributed by atoms with Crippen molar-refractivity contribution in [2.75, 3.05) is 13.7 Å². The highest BCUT2D eigenvalue weighted by Gasteiger charge is 2.44. The molecule has 12 heavy (non-hydrogen) atoms. The van der Waals surface area contributed by atoms with Gasteiger partial charge in [-0.15, -0.1) is 0 Å². The lowest BCUT2D eigenvalue weighted by molar-refractivity contribution is 0.253. The smallest absolute Gasteiger partial charge is 0.345 e. The minimum atomic E-state index is -4.80. The van der Waals surface area contributed by atoms with Gasteiger partial charge in [-0.1, -0.05) is 0 Å². The average molecular weight is 220 g/mol. The van der Waals surface area contributed by atoms with E-state index in [4.69, 9.17) is 19.8 Å². The number of aliphatic hydroxyl groups is 1. The predicted octanol–water partition coefficient (Wildman–Crippen LogP) is -0.686. The average Bonchev–Trinajstić information content (AvgIpc) is 1.85. The van der Waals surface area contributed by atoms with Gasteiger partial charge in [0, 0.05) is 7.11 Å². The summed E-state index contributed by atoms with van der Waals surface area (Å²) >= 11 is 0. The first-order valence-corrected chi connectivity index (χ1v) is 6.13. The van der Waals surface area contributed by atoms with Gasteiger partial charge in [-0.25, -0.2) is 0 Å². The molecule has 0 aromatic heterocycles. The molecule has 4 N–H and O–H groups in total. The second kappa shape index (κ2) is 3.98. The zero-order chi connectivity index (χ0) is 9.99. The Morgan fingerprint density at radius 3 is 1.83 bits per heavy atom. The molecule has 2 atom stereocenters. The molecule has 0 spiro atoms. The molecular weight excluding hydrogens is 210 g/mol. The lowest BCUT2D eigenvalue weighted by Crippen LogP contribution is -2.14. The molecule has 0 aromatic rings. The van der Waals surface area contributed by atoms with Gasteiger partial charge in [0.1, 0.15) is 0 Å². The third-order valence-electron chi connectivity index (χ3n) is 1.19. The second-order valence-corrected chi connectivity index (χ2v) is 6.32. The van der Waals surface area contributed by atoms with Gasteiger partial charge in [-0.2, -0.15) is 0 Å². The summed E-state index contributed by atoms with van der Waals surface area (Å²) < 4.78 is 25.3. The van der Waals surface area contributed by atoms with Crippen LogP contribution >= 0.6 is 15.2 Å². The number of hydrogen-bond acceptors (Lipinski definition) is 4. The SMILES string of the molecule is COP(=O)(O)C(CO)P(=O)(O)O. The standard InChI is InChI=1S/C3H10O7P2/c1-10-12(8,9)3(2-4)11(5,6)7/h3-4H,2H2,1H3,(H,8,9)(H2,5,6,7). The van der Waals surface area contributed by atoms with Crippen LogP contribution in [0.4, 0.5) is 0 Å². The van der Waals surface area contributed by atoms with Crippen molar-refractivity contribution in [1.82, 2.24) is 0 Å². The van der Waals surface area contributed by atoms with Crippen LogP contribution in [0.15, 0.2) is 0 Å². The Bertz CT molecular complexity index is 231. The lowest BCUT2D eigenvalue weighted by Gasteiger charge is -2.19. The van der Waals surface area contributed by atoms with Gasteiger partial charge >= 0.3 is 15.2 Å². The van der Waals surface area contributed by atoms with E-state index in [1.165, 1.54) is 0 Å². The summed E-state index contributed by atoms with van der Waals surface area (Å²) in [6.07, 6.45) is 0. The molecule has 2 unspecified atom stereocenters. The van der Waals surface area contributed by atoms with Crippen molar-refractivity contribution in [2.45, 2.75) is 5.40 Å². The van der Waals surface area contributed by atoms with Gasteiger partial charge in [-0.3, -0.25) is 9.13 Å². The number of rotatable bonds is 4. The summed E-state index contributed by atoms with van der Waals surface area (Å²) in [4.78, 5) is 25.8. The first-order valence-electron chi connectivity index (χ1n) is 2.80. The molecule has 0 rings (SSSR count). The van der Waals surface area contributed by atoms with E-state index in [1.807, 2.05) is 0 Å². The van der Waals surface area contributed by atoms with Crippen molar-refractivity contribution in [1.29, 1.82) is 0 Å². The Kier molecular flexibility index (Phi) is 4.07. The topological polar surface area (TPSA) is 124 Å². The fourth-order valence-electron chi connectivity index (χ4n) is 0.521. The Morgan fingerprint density at radius 1 is 1.33 bits per heavy atom. The molecule has 0 aromatic carbocycles. The minimum Gasteiger partial charge on any atom is -0.395 e. The third kappa shape index (κ3) is 2.95. The highest BCUT2D eigenvalue weighted by atomic mass is 31.2. The van der Waals surface area contributed by atoms with Crippen LogP contribution in [0.1, 0.15) is 0 Å². The van der Waals surface area contributed by atoms with Gasteiger partial charge in [0.25, 0.3) is 0 Å². The quantitative estimate of drug-likeness (QED) is 0.462. The molecule has 0 saturated carbocycles. The molecule has 0 bridgehead atoms. The van der Waals surface area contributed by atoms with Crippen molar-refractivity contribution in [3.63, 3.8) is 0 Å². The zero-order valence-electron chi connectivity index (χ0n) is 6.19. The molecule has 0 aliphatic rings. The van der Waals surface area contributed by atoms with Crippen LogP contribution in [0.5, 0.6) is 0 Å². The van der Waals surface area contributed by atoms with Crippen LogP contribution in [-0.2, 0) is 13.7 Å². The van der Waals surface area contributed by atoms with Gasteiger partial charge in [0.2, 0.25) is 0 Å². The van der Waals surface area contributed by atoms with Crippen molar-refractivity contribution in [2.24, 2.45) is 0 Å². The Morgan fingerprint density at radius 2 is 1.75 bits per heavy atom. The normalized spacial score (nSPS) is 20.1. The lowest BCUT2D eigenvalue weighted by atomic mass is 10.9. The van der Waals surface area contributed by atoms with E-state index < -0.39 is 27.2 Å². The monoisotopic (exact) mass is 220 g/mol. The van der Waals surface area contributed by atoms with Gasteiger partial charge in [-0.05, 0) is 0 Å². The molecular formula is C3H10O7P2. The van der Waals surface area contributed by atoms with Crippen LogP contribution in [0.3, 0.4) is 0 Å². The summed E-state index contributed by atoms with van der Waals surface area (Å²) in [5.74, 6) is 0. The molecule has 0 aliphatic heterocycles. The van der Waals surface area contributed by atoms with Crippen LogP contribution < -0.4 is 0 Å². The summed E-state index contributed by atoms with van der Waals surface area (Å²) in [5, 5.41) is 6.36. The first kappa shape index (κ1) is 12.3. The van der Waals surface area contributed by atoms with Crippen LogP contribution in [-0.4, -0.2) is 38.9 Å². The summed E-state index contributed by atoms with van der Waals surface area (Å²) in [7, 11) is -8.39. The highest BCUT2D eigenvalue weighted by Crippen LogP contribution is 2.61. The zero-order valence-corrected chi connectivity index (χ0v) is 7.98. The Hall–Kier alpha value is 0.260. The molecule has 0 radical (unpaired) electrons. The van der Waals surface area contributed by atoms with E-state index in [0.717, 1.165) is 7.11 Å². The molecule has 0 heterocycles. The predicted molar refractivity (Wildman–Crippen MR) is 39.8 cm³/mol. The number of aliphatic hydroxyl groups excluding tert-OH is 1. The van der Waals surface area contributed by atoms with Crippen LogP contribution in [0, 0.1) is 0 Å². The van der Waals surface area contributed by atoms with Crippen molar-refractivity contribution >= 4 is 15.2 Å². The van der Waals surface area contributed by atoms with Crippen molar-refractivity contribution < 1.29 is 33.4 Å². The third-order valence-corrected chi connectivity index (χ3v) is 5.35. The molecule has 0 amide bonds. The number of hydrogen-bond donors (Lipinski definition) is 4. The molecule has 74 valence electrons. The summed E-state index contributed by atoms with van der Waals surface area (Å²) in [5.41, 5.74) is 0. The van der Waals surface area contributed by atoms with E-state index in [2.05, 4.69) is 4.52 Å². The molecule has 0 saturated heterocycles. The van der Waals surface area contributed by atoms with Gasteiger partial charge < -0.3 is 24.3 Å². The Labute approximate surface area is 68.7 Å². The second-order valence-electron chi connectivity index (χ2n) is 2.00. The van der Waals surface area contributed by atoms with E-state index in [-0.39, 0.29) is 0 Å². The fraction of sp³-hybridized carbons (Fsp3) is 1.00. The maximum atomic E-state index is 10.8. The van der Waals surface area contributed by atoms with Crippen LogP contribution in [0.25, 0.3) is 0 Å². The van der Waals surface area contributed by atoms with E-state index in [9.17, 15) is 9.13 Å². The van der Waals surface area contributed by atoms with Gasteiger partial charge in [0.05, 0.1) is 6.61 Å². The summed E-state index contributed by atoms with van der Waals surface area (Å²) in [6.45, 7) is -1.11. The van der Waals surface area contributed by atoms with Crippen LogP contribution in [0.2, 0.25) is 0 Å². The fourth-order valence-corrected chi connectivity index (χ4v) is 2.99. The Balaban J connectivity index is 4.82. The molecule has 0 aliphatic carbocycles. The molecule has 0 fully saturated rings. The first-order chi connectivity index (χ1) is 5.25. The van der Waals surface area contributed by atoms with Gasteiger partial charge in [0.15, 0.2) is 5.40 Å². The maximum absolute atomic E-state index is 10.8. The van der Waals surface area contributed by atoms with E-state index in [1.54, 1.807) is 0 Å². The molecule has 7 nitrogen and oxygen atoms in total. The largest absolute Gasteiger partial charge is 0.395 e. The highest BCUT2D eigenvalue weighted by molar-refractivity contribution is 7.71. The van der Waals surface area contributed by atoms with E-state index in [0.29, 0.717) is 0 Å². The van der Waals surface area contributed by atoms with Crippen molar-refractivity contribution in [3.05, 3.63) is 0 Å². The van der Waals surface area contributed by atoms with E-state index >= 15 is 0 Å². The minimum absolute atomic E-state index is 0.832.